The summed E-state index contributed by atoms with van der Waals surface area (Å²) in [7, 11) is 0. The molecule has 9 nitrogen and oxygen atoms in total. The number of hydrogen-bond donors (Lipinski definition) is 1. The number of amides is 2. The third-order valence-electron chi connectivity index (χ3n) is 6.29. The number of rotatable bonds is 7. The molecule has 4 rings (SSSR count). The lowest BCUT2D eigenvalue weighted by molar-refractivity contribution is -0.384. The van der Waals surface area contributed by atoms with E-state index < -0.39 is 4.92 Å². The molecule has 0 radical (unpaired) electrons. The average molecular weight is 537 g/mol. The van der Waals surface area contributed by atoms with E-state index in [0.717, 1.165) is 5.56 Å². The molecule has 1 saturated heterocycles. The number of benzene rings is 2. The molecule has 0 bridgehead atoms. The molecule has 1 fully saturated rings. The van der Waals surface area contributed by atoms with Crippen LogP contribution in [0.3, 0.4) is 0 Å². The van der Waals surface area contributed by atoms with Crippen LogP contribution in [0.15, 0.2) is 59.0 Å². The van der Waals surface area contributed by atoms with Crippen LogP contribution in [-0.2, 0) is 9.59 Å². The topological polar surface area (TPSA) is 109 Å². The van der Waals surface area contributed by atoms with Crippen LogP contribution in [0.1, 0.15) is 25.2 Å². The normalized spacial score (nSPS) is 13.8. The number of hydrogen-bond acceptors (Lipinski definition) is 6. The molecular formula is C28H29ClN4O5. The van der Waals surface area contributed by atoms with Crippen LogP contribution in [0.25, 0.3) is 17.4 Å². The number of aryl methyl sites for hydroxylation is 1. The summed E-state index contributed by atoms with van der Waals surface area (Å²) in [6, 6.07) is 13.5. The van der Waals surface area contributed by atoms with Crippen molar-refractivity contribution in [3.05, 3.63) is 81.1 Å². The fourth-order valence-electron chi connectivity index (χ4n) is 4.37. The van der Waals surface area contributed by atoms with Crippen LogP contribution in [-0.4, -0.2) is 47.8 Å². The lowest BCUT2D eigenvalue weighted by Crippen LogP contribution is -2.50. The predicted octanol–water partition coefficient (Wildman–Crippen LogP) is 5.77. The number of nitrogens with zero attached hydrogens (tertiary/aromatic N) is 3. The van der Waals surface area contributed by atoms with Crippen molar-refractivity contribution in [3.8, 4) is 11.3 Å². The molecule has 1 aliphatic rings. The summed E-state index contributed by atoms with van der Waals surface area (Å²) in [5, 5.41) is 14.8. The number of nitrogens with one attached hydrogen (secondary N) is 1. The second-order valence-electron chi connectivity index (χ2n) is 9.41. The number of halogens is 1. The van der Waals surface area contributed by atoms with Gasteiger partial charge in [-0.15, -0.1) is 0 Å². The van der Waals surface area contributed by atoms with E-state index in [2.05, 4.69) is 10.2 Å². The molecular weight excluding hydrogens is 508 g/mol. The molecule has 38 heavy (non-hydrogen) atoms. The van der Waals surface area contributed by atoms with Crippen molar-refractivity contribution in [1.82, 2.24) is 4.90 Å². The summed E-state index contributed by atoms with van der Waals surface area (Å²) < 4.78 is 5.75. The summed E-state index contributed by atoms with van der Waals surface area (Å²) in [4.78, 5) is 40.0. The molecule has 0 atom stereocenters. The highest BCUT2D eigenvalue weighted by Gasteiger charge is 2.25. The van der Waals surface area contributed by atoms with E-state index in [0.29, 0.717) is 59.7 Å². The monoisotopic (exact) mass is 536 g/mol. The second-order valence-corrected chi connectivity index (χ2v) is 9.81. The quantitative estimate of drug-likeness (QED) is 0.233. The highest BCUT2D eigenvalue weighted by atomic mass is 35.5. The van der Waals surface area contributed by atoms with E-state index in [1.165, 1.54) is 18.2 Å². The van der Waals surface area contributed by atoms with Gasteiger partial charge in [-0.25, -0.2) is 0 Å². The Kier molecular flexibility index (Phi) is 8.16. The fraction of sp³-hybridized carbons (Fsp3) is 0.286. The Labute approximate surface area is 225 Å². The van der Waals surface area contributed by atoms with Crippen molar-refractivity contribution in [1.29, 1.82) is 0 Å². The average Bonchev–Trinajstić information content (AvgIpc) is 3.36. The highest BCUT2D eigenvalue weighted by Crippen LogP contribution is 2.35. The van der Waals surface area contributed by atoms with Gasteiger partial charge in [-0.2, -0.15) is 0 Å². The van der Waals surface area contributed by atoms with Crippen molar-refractivity contribution in [2.75, 3.05) is 36.4 Å². The van der Waals surface area contributed by atoms with Gasteiger partial charge in [-0.05, 0) is 48.9 Å². The summed E-state index contributed by atoms with van der Waals surface area (Å²) in [5.41, 5.74) is 2.36. The van der Waals surface area contributed by atoms with Gasteiger partial charge >= 0.3 is 0 Å². The maximum atomic E-state index is 12.8. The van der Waals surface area contributed by atoms with Crippen molar-refractivity contribution < 1.29 is 18.9 Å². The van der Waals surface area contributed by atoms with Gasteiger partial charge in [0.05, 0.1) is 26.9 Å². The molecule has 10 heteroatoms. The van der Waals surface area contributed by atoms with Crippen molar-refractivity contribution >= 4 is 46.6 Å². The smallest absolute Gasteiger partial charge is 0.280 e. The standard InChI is InChI=1S/C28H29ClN4O5/c1-18(2)28(35)32-15-13-31(14-16-32)27-22(29)5-4-6-23(27)30-26(34)12-9-20-8-11-25(38-20)21-10-7-19(3)17-24(21)33(36)37/h4-12,17-18H,13-16H2,1-3H3,(H,30,34)/b12-9+. The predicted molar refractivity (Wildman–Crippen MR) is 148 cm³/mol. The number of furan rings is 1. The number of carbonyl (C=O) groups excluding carboxylic acids is 2. The van der Waals surface area contributed by atoms with E-state index >= 15 is 0 Å². The molecule has 1 aromatic heterocycles. The van der Waals surface area contributed by atoms with Crippen molar-refractivity contribution in [2.45, 2.75) is 20.8 Å². The van der Waals surface area contributed by atoms with Crippen LogP contribution in [0.4, 0.5) is 17.1 Å². The highest BCUT2D eigenvalue weighted by molar-refractivity contribution is 6.34. The van der Waals surface area contributed by atoms with Crippen LogP contribution in [0, 0.1) is 23.0 Å². The Balaban J connectivity index is 1.46. The number of piperazine rings is 1. The zero-order chi connectivity index (χ0) is 27.4. The first kappa shape index (κ1) is 26.9. The van der Waals surface area contributed by atoms with Crippen molar-refractivity contribution in [3.63, 3.8) is 0 Å². The minimum Gasteiger partial charge on any atom is -0.456 e. The molecule has 0 spiro atoms. The van der Waals surface area contributed by atoms with Gasteiger partial charge in [-0.3, -0.25) is 19.7 Å². The minimum absolute atomic E-state index is 0.0458. The first-order chi connectivity index (χ1) is 18.1. The molecule has 1 aliphatic heterocycles. The number of anilines is 2. The molecule has 2 aromatic carbocycles. The molecule has 1 N–H and O–H groups in total. The van der Waals surface area contributed by atoms with Crippen LogP contribution < -0.4 is 10.2 Å². The Morgan fingerprint density at radius 2 is 1.84 bits per heavy atom. The minimum atomic E-state index is -0.446. The number of nitro benzene ring substituents is 1. The van der Waals surface area contributed by atoms with E-state index in [1.54, 1.807) is 49.4 Å². The molecule has 0 saturated carbocycles. The Hall–Kier alpha value is -4.11. The third kappa shape index (κ3) is 6.06. The zero-order valence-corrected chi connectivity index (χ0v) is 22.2. The van der Waals surface area contributed by atoms with Gasteiger partial charge in [0.2, 0.25) is 11.8 Å². The Bertz CT molecular complexity index is 1390. The first-order valence-corrected chi connectivity index (χ1v) is 12.7. The summed E-state index contributed by atoms with van der Waals surface area (Å²) in [6.45, 7) is 7.91. The molecule has 3 aromatic rings. The first-order valence-electron chi connectivity index (χ1n) is 12.3. The van der Waals surface area contributed by atoms with Crippen molar-refractivity contribution in [2.24, 2.45) is 5.92 Å². The molecule has 2 heterocycles. The van der Waals surface area contributed by atoms with Gasteiger partial charge in [0.15, 0.2) is 0 Å². The van der Waals surface area contributed by atoms with Gasteiger partial charge < -0.3 is 19.5 Å². The van der Waals surface area contributed by atoms with Crippen LogP contribution in [0.5, 0.6) is 0 Å². The summed E-state index contributed by atoms with van der Waals surface area (Å²) in [5.74, 6) is 0.397. The van der Waals surface area contributed by atoms with E-state index in [9.17, 15) is 19.7 Å². The van der Waals surface area contributed by atoms with Gasteiger partial charge in [0.25, 0.3) is 5.69 Å². The molecule has 0 unspecified atom stereocenters. The fourth-order valence-corrected chi connectivity index (χ4v) is 4.67. The maximum Gasteiger partial charge on any atom is 0.280 e. The van der Waals surface area contributed by atoms with Crippen LogP contribution >= 0.6 is 11.6 Å². The second kappa shape index (κ2) is 11.5. The number of carbonyl (C=O) groups is 2. The lowest BCUT2D eigenvalue weighted by Gasteiger charge is -2.38. The van der Waals surface area contributed by atoms with Crippen LogP contribution in [0.2, 0.25) is 5.02 Å². The summed E-state index contributed by atoms with van der Waals surface area (Å²) >= 11 is 6.52. The summed E-state index contributed by atoms with van der Waals surface area (Å²) in [6.07, 6.45) is 2.83. The van der Waals surface area contributed by atoms with E-state index in [4.69, 9.17) is 16.0 Å². The maximum absolute atomic E-state index is 12.8. The third-order valence-corrected chi connectivity index (χ3v) is 6.59. The Morgan fingerprint density at radius 3 is 2.53 bits per heavy atom. The van der Waals surface area contributed by atoms with E-state index in [-0.39, 0.29) is 23.4 Å². The van der Waals surface area contributed by atoms with Gasteiger partial charge in [0, 0.05) is 44.2 Å². The zero-order valence-electron chi connectivity index (χ0n) is 21.4. The Morgan fingerprint density at radius 1 is 1.11 bits per heavy atom. The molecule has 2 amide bonds. The number of para-hydroxylation sites is 1. The molecule has 198 valence electrons. The SMILES string of the molecule is Cc1ccc(-c2ccc(/C=C/C(=O)Nc3cccc(Cl)c3N3CCN(C(=O)C(C)C)CC3)o2)c([N+](=O)[O-])c1. The largest absolute Gasteiger partial charge is 0.456 e. The molecule has 0 aliphatic carbocycles. The van der Waals surface area contributed by atoms with Gasteiger partial charge in [-0.1, -0.05) is 37.6 Å². The number of nitro groups is 1. The van der Waals surface area contributed by atoms with Gasteiger partial charge in [0.1, 0.15) is 11.5 Å². The van der Waals surface area contributed by atoms with E-state index in [1.807, 2.05) is 18.7 Å². The lowest BCUT2D eigenvalue weighted by atomic mass is 10.1.